The van der Waals surface area contributed by atoms with Gasteiger partial charge in [0, 0.05) is 19.6 Å². The molecular weight excluding hydrogens is 418 g/mol. The molecule has 2 aromatic rings. The molecule has 2 aromatic carbocycles. The van der Waals surface area contributed by atoms with E-state index in [-0.39, 0.29) is 5.97 Å². The zero-order chi connectivity index (χ0) is 23.6. The fourth-order valence-electron chi connectivity index (χ4n) is 3.83. The number of nitrogens with zero attached hydrogens (tertiary/aromatic N) is 2. The molecule has 0 radical (unpaired) electrons. The molecule has 0 aliphatic carbocycles. The Kier molecular flexibility index (Phi) is 8.71. The Morgan fingerprint density at radius 1 is 1.18 bits per heavy atom. The number of ether oxygens (including phenoxy) is 2. The van der Waals surface area contributed by atoms with E-state index >= 15 is 0 Å². The highest BCUT2D eigenvalue weighted by atomic mass is 16.5. The predicted molar refractivity (Wildman–Crippen MR) is 126 cm³/mol. The largest absolute Gasteiger partial charge is 0.462 e. The molecule has 3 rings (SSSR count). The fraction of sp³-hybridized carbons (Fsp3) is 0.423. The number of carbonyl (C=O) groups excluding carboxylic acids is 2. The van der Waals surface area contributed by atoms with Crippen LogP contribution in [-0.2, 0) is 22.3 Å². The monoisotopic (exact) mass is 449 g/mol. The van der Waals surface area contributed by atoms with Crippen LogP contribution in [0.5, 0.6) is 0 Å². The smallest absolute Gasteiger partial charge is 0.407 e. The first-order chi connectivity index (χ1) is 16.0. The Bertz CT molecular complexity index is 999. The lowest BCUT2D eigenvalue weighted by molar-refractivity contribution is 0.0502. The molecule has 1 heterocycles. The van der Waals surface area contributed by atoms with Crippen LogP contribution in [0.2, 0.25) is 0 Å². The maximum absolute atomic E-state index is 12.1. The first-order valence-electron chi connectivity index (χ1n) is 11.4. The highest BCUT2D eigenvalue weighted by molar-refractivity contribution is 5.89. The van der Waals surface area contributed by atoms with Crippen molar-refractivity contribution in [3.8, 4) is 6.07 Å². The summed E-state index contributed by atoms with van der Waals surface area (Å²) >= 11 is 0. The second-order valence-electron chi connectivity index (χ2n) is 8.52. The fourth-order valence-corrected chi connectivity index (χ4v) is 3.83. The molecule has 0 saturated heterocycles. The molecule has 0 saturated carbocycles. The van der Waals surface area contributed by atoms with Crippen molar-refractivity contribution in [2.24, 2.45) is 5.92 Å². The van der Waals surface area contributed by atoms with Crippen molar-refractivity contribution >= 4 is 17.7 Å². The van der Waals surface area contributed by atoms with Gasteiger partial charge in [-0.05, 0) is 54.5 Å². The number of nitriles is 1. The van der Waals surface area contributed by atoms with E-state index in [2.05, 4.69) is 22.4 Å². The molecule has 7 nitrogen and oxygen atoms in total. The van der Waals surface area contributed by atoms with E-state index in [0.29, 0.717) is 56.2 Å². The summed E-state index contributed by atoms with van der Waals surface area (Å²) in [4.78, 5) is 26.0. The maximum Gasteiger partial charge on any atom is 0.407 e. The van der Waals surface area contributed by atoms with Gasteiger partial charge in [-0.1, -0.05) is 38.1 Å². The first-order valence-corrected chi connectivity index (χ1v) is 11.4. The molecule has 1 amide bonds. The molecule has 0 aromatic heterocycles. The molecular formula is C26H31N3O4. The Hall–Kier alpha value is -3.53. The summed E-state index contributed by atoms with van der Waals surface area (Å²) in [5.74, 6) is -0.0222. The van der Waals surface area contributed by atoms with Crippen LogP contribution in [0.25, 0.3) is 0 Å². The second kappa shape index (κ2) is 11.9. The summed E-state index contributed by atoms with van der Waals surface area (Å²) in [5.41, 5.74) is 4.33. The molecule has 0 bridgehead atoms. The molecule has 0 atom stereocenters. The lowest BCUT2D eigenvalue weighted by Crippen LogP contribution is -2.27. The average Bonchev–Trinajstić information content (AvgIpc) is 3.23. The van der Waals surface area contributed by atoms with Gasteiger partial charge in [-0.2, -0.15) is 5.26 Å². The minimum atomic E-state index is -0.412. The first kappa shape index (κ1) is 24.1. The molecule has 1 aliphatic heterocycles. The summed E-state index contributed by atoms with van der Waals surface area (Å²) in [5, 5.41) is 12.5. The van der Waals surface area contributed by atoms with Crippen molar-refractivity contribution in [1.29, 1.82) is 5.26 Å². The Morgan fingerprint density at radius 2 is 1.97 bits per heavy atom. The number of benzene rings is 2. The van der Waals surface area contributed by atoms with Crippen LogP contribution in [0.1, 0.15) is 47.3 Å². The minimum Gasteiger partial charge on any atom is -0.462 e. The molecule has 7 heteroatoms. The lowest BCUT2D eigenvalue weighted by Gasteiger charge is -2.21. The van der Waals surface area contributed by atoms with Crippen molar-refractivity contribution < 1.29 is 19.1 Å². The van der Waals surface area contributed by atoms with Crippen molar-refractivity contribution in [1.82, 2.24) is 5.32 Å². The SMILES string of the molecule is CC(C)COC(=O)NCCc1cc(C#N)c2c(c1)CCN2CCCOC(=O)c1ccccc1. The van der Waals surface area contributed by atoms with Crippen molar-refractivity contribution in [2.45, 2.75) is 33.1 Å². The summed E-state index contributed by atoms with van der Waals surface area (Å²) in [7, 11) is 0. The van der Waals surface area contributed by atoms with E-state index in [0.717, 1.165) is 29.8 Å². The Labute approximate surface area is 195 Å². The maximum atomic E-state index is 12.1. The third kappa shape index (κ3) is 6.98. The average molecular weight is 450 g/mol. The van der Waals surface area contributed by atoms with Gasteiger partial charge >= 0.3 is 12.1 Å². The van der Waals surface area contributed by atoms with Crippen molar-refractivity contribution in [3.05, 3.63) is 64.7 Å². The number of hydrogen-bond acceptors (Lipinski definition) is 6. The molecule has 1 aliphatic rings. The van der Waals surface area contributed by atoms with Crippen molar-refractivity contribution in [2.75, 3.05) is 37.7 Å². The third-order valence-corrected chi connectivity index (χ3v) is 5.38. The third-order valence-electron chi connectivity index (χ3n) is 5.38. The number of anilines is 1. The number of nitrogens with one attached hydrogen (secondary N) is 1. The van der Waals surface area contributed by atoms with Crippen LogP contribution in [-0.4, -0.2) is 44.9 Å². The van der Waals surface area contributed by atoms with Gasteiger partial charge in [-0.3, -0.25) is 0 Å². The highest BCUT2D eigenvalue weighted by Crippen LogP contribution is 2.33. The highest BCUT2D eigenvalue weighted by Gasteiger charge is 2.23. The Morgan fingerprint density at radius 3 is 2.70 bits per heavy atom. The van der Waals surface area contributed by atoms with Gasteiger partial charge in [-0.15, -0.1) is 0 Å². The zero-order valence-corrected chi connectivity index (χ0v) is 19.3. The summed E-state index contributed by atoms with van der Waals surface area (Å²) in [6, 6.07) is 15.3. The van der Waals surface area contributed by atoms with Gasteiger partial charge in [0.25, 0.3) is 0 Å². The Balaban J connectivity index is 1.49. The molecule has 0 fully saturated rings. The second-order valence-corrected chi connectivity index (χ2v) is 8.52. The molecule has 1 N–H and O–H groups in total. The predicted octanol–water partition coefficient (Wildman–Crippen LogP) is 4.09. The van der Waals surface area contributed by atoms with Crippen LogP contribution in [0.3, 0.4) is 0 Å². The van der Waals surface area contributed by atoms with Gasteiger partial charge in [0.15, 0.2) is 0 Å². The summed E-state index contributed by atoms with van der Waals surface area (Å²) in [6.07, 6.45) is 1.77. The van der Waals surface area contributed by atoms with Gasteiger partial charge in [0.05, 0.1) is 30.0 Å². The zero-order valence-electron chi connectivity index (χ0n) is 19.3. The van der Waals surface area contributed by atoms with Gasteiger partial charge in [0.1, 0.15) is 6.07 Å². The normalized spacial score (nSPS) is 12.2. The number of esters is 1. The number of fused-ring (bicyclic) bond motifs is 1. The quantitative estimate of drug-likeness (QED) is 0.434. The van der Waals surface area contributed by atoms with E-state index in [9.17, 15) is 14.9 Å². The van der Waals surface area contributed by atoms with E-state index in [4.69, 9.17) is 9.47 Å². The molecule has 33 heavy (non-hydrogen) atoms. The van der Waals surface area contributed by atoms with Crippen LogP contribution in [0.4, 0.5) is 10.5 Å². The molecule has 174 valence electrons. The standard InChI is InChI=1S/C26H31N3O4/c1-19(2)18-33-26(31)28-11-9-20-15-22-10-13-29(24(22)23(16-20)17-27)12-6-14-32-25(30)21-7-4-3-5-8-21/h3-5,7-8,15-16,19H,6,9-14,18H2,1-2H3,(H,28,31). The van der Waals surface area contributed by atoms with E-state index in [1.54, 1.807) is 12.1 Å². The molecule has 0 spiro atoms. The number of amides is 1. The summed E-state index contributed by atoms with van der Waals surface area (Å²) < 4.78 is 10.5. The van der Waals surface area contributed by atoms with Gasteiger partial charge in [-0.25, -0.2) is 9.59 Å². The topological polar surface area (TPSA) is 91.7 Å². The minimum absolute atomic E-state index is 0.296. The number of hydrogen-bond donors (Lipinski definition) is 1. The molecule has 0 unspecified atom stereocenters. The number of carbonyl (C=O) groups is 2. The van der Waals surface area contributed by atoms with Crippen molar-refractivity contribution in [3.63, 3.8) is 0 Å². The lowest BCUT2D eigenvalue weighted by atomic mass is 10.0. The van der Waals surface area contributed by atoms with Crippen LogP contribution < -0.4 is 10.2 Å². The van der Waals surface area contributed by atoms with Crippen LogP contribution in [0.15, 0.2) is 42.5 Å². The van der Waals surface area contributed by atoms with Crippen LogP contribution >= 0.6 is 0 Å². The number of alkyl carbamates (subject to hydrolysis) is 1. The summed E-state index contributed by atoms with van der Waals surface area (Å²) in [6.45, 7) is 6.70. The van der Waals surface area contributed by atoms with E-state index in [1.165, 1.54) is 0 Å². The number of rotatable bonds is 10. The van der Waals surface area contributed by atoms with Crippen LogP contribution in [0, 0.1) is 17.2 Å². The van der Waals surface area contributed by atoms with Gasteiger partial charge in [0.2, 0.25) is 0 Å². The van der Waals surface area contributed by atoms with E-state index in [1.807, 2.05) is 38.1 Å². The van der Waals surface area contributed by atoms with Gasteiger partial charge < -0.3 is 19.7 Å². The van der Waals surface area contributed by atoms with E-state index < -0.39 is 6.09 Å².